The predicted octanol–water partition coefficient (Wildman–Crippen LogP) is 3.14. The first kappa shape index (κ1) is 21.5. The van der Waals surface area contributed by atoms with E-state index in [9.17, 15) is 10.2 Å². The molecule has 9 nitrogen and oxygen atoms in total. The second-order valence-electron chi connectivity index (χ2n) is 10.1. The molecule has 0 radical (unpaired) electrons. The SMILES string of the molecule is CCC[C@H](O)COc1cc(Nc2cc(C)[nH]n2)nc(NC2C3CC4CC2CC(O)(C4)C3)n1. The van der Waals surface area contributed by atoms with E-state index in [2.05, 4.69) is 30.8 Å². The standard InChI is InChI=1S/C23H34N6O3/c1-3-4-17(30)12-32-20-8-18(24-19-5-13(2)28-29-19)25-22(26-20)27-21-15-6-14-7-16(21)11-23(31,9-14)10-15/h5,8,14-17,21,30-31H,3-4,6-7,9-12H2,1-2H3,(H3,24,25,26,27,28,29)/t14?,15?,16?,17-,21?,23?/m0/s1. The minimum atomic E-state index is -0.526. The molecule has 6 rings (SSSR count). The number of rotatable bonds is 9. The van der Waals surface area contributed by atoms with Crippen LogP contribution in [0.25, 0.3) is 0 Å². The normalized spacial score (nSPS) is 31.5. The number of H-pyrrole nitrogens is 1. The third-order valence-electron chi connectivity index (χ3n) is 7.25. The first-order valence-corrected chi connectivity index (χ1v) is 11.9. The minimum absolute atomic E-state index is 0.189. The van der Waals surface area contributed by atoms with Crippen molar-refractivity contribution in [1.29, 1.82) is 0 Å². The molecule has 0 aromatic carbocycles. The van der Waals surface area contributed by atoms with E-state index in [0.29, 0.717) is 47.6 Å². The topological polar surface area (TPSA) is 128 Å². The van der Waals surface area contributed by atoms with Crippen LogP contribution in [0.3, 0.4) is 0 Å². The van der Waals surface area contributed by atoms with E-state index in [1.807, 2.05) is 19.9 Å². The van der Waals surface area contributed by atoms with Gasteiger partial charge in [-0.15, -0.1) is 0 Å². The van der Waals surface area contributed by atoms with Crippen LogP contribution in [0.1, 0.15) is 57.6 Å². The first-order valence-electron chi connectivity index (χ1n) is 11.9. The molecule has 4 saturated carbocycles. The summed E-state index contributed by atoms with van der Waals surface area (Å²) in [7, 11) is 0. The zero-order chi connectivity index (χ0) is 22.3. The summed E-state index contributed by atoms with van der Waals surface area (Å²) in [6, 6.07) is 3.89. The molecule has 2 unspecified atom stereocenters. The summed E-state index contributed by atoms with van der Waals surface area (Å²) in [5.74, 6) is 3.69. The Kier molecular flexibility index (Phi) is 5.71. The Morgan fingerprint density at radius 3 is 2.62 bits per heavy atom. The van der Waals surface area contributed by atoms with Crippen LogP contribution < -0.4 is 15.4 Å². The zero-order valence-electron chi connectivity index (χ0n) is 18.8. The molecule has 2 heterocycles. The maximum atomic E-state index is 10.9. The summed E-state index contributed by atoms with van der Waals surface area (Å²) in [6.45, 7) is 4.16. The quantitative estimate of drug-likeness (QED) is 0.401. The summed E-state index contributed by atoms with van der Waals surface area (Å²) in [5.41, 5.74) is 0.478. The van der Waals surface area contributed by atoms with Crippen molar-refractivity contribution < 1.29 is 14.9 Å². The molecule has 4 bridgehead atoms. The van der Waals surface area contributed by atoms with E-state index in [4.69, 9.17) is 4.74 Å². The van der Waals surface area contributed by atoms with Crippen molar-refractivity contribution in [3.05, 3.63) is 17.8 Å². The molecule has 0 spiro atoms. The molecule has 9 heteroatoms. The molecule has 32 heavy (non-hydrogen) atoms. The number of aromatic amines is 1. The number of hydrogen-bond acceptors (Lipinski definition) is 8. The summed E-state index contributed by atoms with van der Waals surface area (Å²) in [4.78, 5) is 9.27. The summed E-state index contributed by atoms with van der Waals surface area (Å²) in [5, 5.41) is 34.9. The lowest BCUT2D eigenvalue weighted by molar-refractivity contribution is -0.129. The number of aryl methyl sites for hydroxylation is 1. The van der Waals surface area contributed by atoms with Gasteiger partial charge in [0.25, 0.3) is 0 Å². The van der Waals surface area contributed by atoms with Gasteiger partial charge in [0.05, 0.1) is 11.7 Å². The van der Waals surface area contributed by atoms with Crippen LogP contribution in [-0.4, -0.2) is 54.7 Å². The van der Waals surface area contributed by atoms with Crippen LogP contribution in [0.4, 0.5) is 17.6 Å². The number of aromatic nitrogens is 4. The Hall–Kier alpha value is -2.39. The molecule has 4 aliphatic carbocycles. The number of nitrogens with zero attached hydrogens (tertiary/aromatic N) is 3. The first-order chi connectivity index (χ1) is 15.4. The zero-order valence-corrected chi connectivity index (χ0v) is 18.8. The number of hydrogen-bond donors (Lipinski definition) is 5. The highest BCUT2D eigenvalue weighted by atomic mass is 16.5. The van der Waals surface area contributed by atoms with E-state index in [1.165, 1.54) is 0 Å². The summed E-state index contributed by atoms with van der Waals surface area (Å²) >= 11 is 0. The van der Waals surface area contributed by atoms with E-state index >= 15 is 0 Å². The van der Waals surface area contributed by atoms with Gasteiger partial charge >= 0.3 is 0 Å². The predicted molar refractivity (Wildman–Crippen MR) is 121 cm³/mol. The largest absolute Gasteiger partial charge is 0.475 e. The molecule has 2 aromatic heterocycles. The van der Waals surface area contributed by atoms with Crippen molar-refractivity contribution in [2.45, 2.75) is 76.5 Å². The minimum Gasteiger partial charge on any atom is -0.475 e. The lowest BCUT2D eigenvalue weighted by Gasteiger charge is -2.58. The van der Waals surface area contributed by atoms with Gasteiger partial charge in [-0.1, -0.05) is 13.3 Å². The Labute approximate surface area is 188 Å². The smallest absolute Gasteiger partial charge is 0.228 e. The Morgan fingerprint density at radius 2 is 1.97 bits per heavy atom. The van der Waals surface area contributed by atoms with Crippen LogP contribution in [0, 0.1) is 24.7 Å². The molecular formula is C23H34N6O3. The van der Waals surface area contributed by atoms with Gasteiger partial charge in [-0.2, -0.15) is 15.1 Å². The van der Waals surface area contributed by atoms with Crippen molar-refractivity contribution in [2.24, 2.45) is 17.8 Å². The average molecular weight is 443 g/mol. The van der Waals surface area contributed by atoms with Crippen LogP contribution in [0.2, 0.25) is 0 Å². The van der Waals surface area contributed by atoms with E-state index < -0.39 is 11.7 Å². The maximum absolute atomic E-state index is 10.9. The van der Waals surface area contributed by atoms with Gasteiger partial charge in [-0.25, -0.2) is 0 Å². The lowest BCUT2D eigenvalue weighted by Crippen LogP contribution is -2.59. The maximum Gasteiger partial charge on any atom is 0.228 e. The summed E-state index contributed by atoms with van der Waals surface area (Å²) < 4.78 is 5.82. The third kappa shape index (κ3) is 4.54. The fraction of sp³-hybridized carbons (Fsp3) is 0.696. The molecular weight excluding hydrogens is 408 g/mol. The van der Waals surface area contributed by atoms with Gasteiger partial charge < -0.3 is 25.6 Å². The molecule has 2 aromatic rings. The Morgan fingerprint density at radius 1 is 1.19 bits per heavy atom. The van der Waals surface area contributed by atoms with Crippen molar-refractivity contribution in [3.8, 4) is 5.88 Å². The van der Waals surface area contributed by atoms with Crippen LogP contribution >= 0.6 is 0 Å². The third-order valence-corrected chi connectivity index (χ3v) is 7.25. The molecule has 0 aliphatic heterocycles. The molecule has 4 aliphatic rings. The average Bonchev–Trinajstić information content (AvgIpc) is 3.12. The second kappa shape index (κ2) is 8.51. The fourth-order valence-electron chi connectivity index (χ4n) is 6.21. The van der Waals surface area contributed by atoms with E-state index in [1.54, 1.807) is 6.07 Å². The van der Waals surface area contributed by atoms with Gasteiger partial charge in [0.1, 0.15) is 12.4 Å². The van der Waals surface area contributed by atoms with Crippen molar-refractivity contribution in [3.63, 3.8) is 0 Å². The van der Waals surface area contributed by atoms with Crippen molar-refractivity contribution in [1.82, 2.24) is 20.2 Å². The number of nitrogens with one attached hydrogen (secondary N) is 3. The van der Waals surface area contributed by atoms with E-state index in [0.717, 1.165) is 44.2 Å². The fourth-order valence-corrected chi connectivity index (χ4v) is 6.21. The Bertz CT molecular complexity index is 934. The van der Waals surface area contributed by atoms with Crippen LogP contribution in [0.5, 0.6) is 5.88 Å². The highest BCUT2D eigenvalue weighted by molar-refractivity contribution is 5.55. The van der Waals surface area contributed by atoms with Gasteiger partial charge in [-0.3, -0.25) is 5.10 Å². The lowest BCUT2D eigenvalue weighted by atomic mass is 9.52. The van der Waals surface area contributed by atoms with Crippen molar-refractivity contribution >= 4 is 17.6 Å². The monoisotopic (exact) mass is 442 g/mol. The number of ether oxygens (including phenoxy) is 1. The molecule has 3 atom stereocenters. The highest BCUT2D eigenvalue weighted by Gasteiger charge is 2.54. The molecule has 0 saturated heterocycles. The highest BCUT2D eigenvalue weighted by Crippen LogP contribution is 2.56. The molecule has 174 valence electrons. The van der Waals surface area contributed by atoms with Gasteiger partial charge in [0, 0.05) is 23.9 Å². The molecule has 0 amide bonds. The number of aliphatic hydroxyl groups is 2. The van der Waals surface area contributed by atoms with Crippen LogP contribution in [0.15, 0.2) is 12.1 Å². The second-order valence-corrected chi connectivity index (χ2v) is 10.1. The Balaban J connectivity index is 1.35. The molecule has 5 N–H and O–H groups in total. The van der Waals surface area contributed by atoms with Crippen LogP contribution in [-0.2, 0) is 0 Å². The molecule has 4 fully saturated rings. The van der Waals surface area contributed by atoms with Gasteiger partial charge in [0.15, 0.2) is 5.82 Å². The number of anilines is 3. The van der Waals surface area contributed by atoms with Crippen molar-refractivity contribution in [2.75, 3.05) is 17.2 Å². The van der Waals surface area contributed by atoms with E-state index in [-0.39, 0.29) is 12.6 Å². The summed E-state index contributed by atoms with van der Waals surface area (Å²) in [6.07, 6.45) is 6.05. The number of aliphatic hydroxyl groups excluding tert-OH is 1. The van der Waals surface area contributed by atoms with Gasteiger partial charge in [-0.05, 0) is 63.2 Å². The van der Waals surface area contributed by atoms with Gasteiger partial charge in [0.2, 0.25) is 11.8 Å².